The van der Waals surface area contributed by atoms with Gasteiger partial charge in [0.2, 0.25) is 0 Å². The molecule has 2 aromatic rings. The fourth-order valence-corrected chi connectivity index (χ4v) is 1.72. The predicted molar refractivity (Wildman–Crippen MR) is 77.1 cm³/mol. The molecule has 2 heterocycles. The standard InChI is InChI=1S/C14H18N4O3/c1-9(2)13-16-14(21-17-13)10-4-6-15-11(8-10)18(3)7-5-12(19)20/h4,6,8-9H,5,7H2,1-3H3,(H,19,20). The zero-order chi connectivity index (χ0) is 15.4. The molecule has 0 spiro atoms. The van der Waals surface area contributed by atoms with E-state index >= 15 is 0 Å². The molecule has 2 rings (SSSR count). The van der Waals surface area contributed by atoms with Crippen molar-refractivity contribution < 1.29 is 14.4 Å². The number of carbonyl (C=O) groups is 1. The molecule has 0 atom stereocenters. The Morgan fingerprint density at radius 1 is 1.48 bits per heavy atom. The minimum atomic E-state index is -0.837. The number of aliphatic carboxylic acids is 1. The summed E-state index contributed by atoms with van der Waals surface area (Å²) in [5.74, 6) is 1.12. The van der Waals surface area contributed by atoms with Crippen LogP contribution in [-0.4, -0.2) is 39.8 Å². The van der Waals surface area contributed by atoms with Crippen molar-refractivity contribution in [3.8, 4) is 11.5 Å². The third-order valence-electron chi connectivity index (χ3n) is 3.00. The number of carboxylic acid groups (broad SMARTS) is 1. The monoisotopic (exact) mass is 290 g/mol. The number of aromatic nitrogens is 3. The van der Waals surface area contributed by atoms with E-state index in [1.165, 1.54) is 0 Å². The van der Waals surface area contributed by atoms with Gasteiger partial charge >= 0.3 is 5.97 Å². The van der Waals surface area contributed by atoms with E-state index < -0.39 is 5.97 Å². The molecule has 0 fully saturated rings. The van der Waals surface area contributed by atoms with Crippen molar-refractivity contribution in [3.05, 3.63) is 24.2 Å². The van der Waals surface area contributed by atoms with Gasteiger partial charge in [-0.3, -0.25) is 4.79 Å². The van der Waals surface area contributed by atoms with Gasteiger partial charge in [-0.05, 0) is 12.1 Å². The molecular formula is C14H18N4O3. The summed E-state index contributed by atoms with van der Waals surface area (Å²) in [7, 11) is 1.79. The third kappa shape index (κ3) is 3.77. The largest absolute Gasteiger partial charge is 0.481 e. The molecule has 0 saturated heterocycles. The van der Waals surface area contributed by atoms with Crippen LogP contribution in [0.25, 0.3) is 11.5 Å². The molecule has 112 valence electrons. The summed E-state index contributed by atoms with van der Waals surface area (Å²) in [6.07, 6.45) is 1.70. The highest BCUT2D eigenvalue weighted by molar-refractivity contribution is 5.67. The molecule has 2 aromatic heterocycles. The van der Waals surface area contributed by atoms with Gasteiger partial charge in [-0.2, -0.15) is 4.98 Å². The van der Waals surface area contributed by atoms with E-state index in [2.05, 4.69) is 15.1 Å². The lowest BCUT2D eigenvalue weighted by atomic mass is 10.2. The predicted octanol–water partition coefficient (Wildman–Crippen LogP) is 2.17. The first-order chi connectivity index (χ1) is 9.97. The maximum absolute atomic E-state index is 10.6. The molecule has 0 unspecified atom stereocenters. The van der Waals surface area contributed by atoms with Gasteiger partial charge in [0.15, 0.2) is 5.82 Å². The van der Waals surface area contributed by atoms with Crippen molar-refractivity contribution in [2.75, 3.05) is 18.5 Å². The molecule has 0 aliphatic carbocycles. The van der Waals surface area contributed by atoms with Crippen molar-refractivity contribution in [2.45, 2.75) is 26.2 Å². The van der Waals surface area contributed by atoms with E-state index in [0.717, 1.165) is 5.56 Å². The quantitative estimate of drug-likeness (QED) is 0.871. The van der Waals surface area contributed by atoms with Crippen molar-refractivity contribution in [3.63, 3.8) is 0 Å². The zero-order valence-electron chi connectivity index (χ0n) is 12.3. The fourth-order valence-electron chi connectivity index (χ4n) is 1.72. The highest BCUT2D eigenvalue weighted by atomic mass is 16.5. The van der Waals surface area contributed by atoms with Crippen LogP contribution in [-0.2, 0) is 4.79 Å². The Hall–Kier alpha value is -2.44. The second-order valence-corrected chi connectivity index (χ2v) is 5.08. The van der Waals surface area contributed by atoms with Gasteiger partial charge in [0.1, 0.15) is 5.82 Å². The highest BCUT2D eigenvalue weighted by Gasteiger charge is 2.13. The van der Waals surface area contributed by atoms with E-state index in [1.807, 2.05) is 13.8 Å². The van der Waals surface area contributed by atoms with Crippen LogP contribution in [0.5, 0.6) is 0 Å². The van der Waals surface area contributed by atoms with Crippen LogP contribution in [0.4, 0.5) is 5.82 Å². The highest BCUT2D eigenvalue weighted by Crippen LogP contribution is 2.22. The van der Waals surface area contributed by atoms with Crippen molar-refractivity contribution in [1.82, 2.24) is 15.1 Å². The topological polar surface area (TPSA) is 92.4 Å². The van der Waals surface area contributed by atoms with Crippen molar-refractivity contribution in [2.24, 2.45) is 0 Å². The Morgan fingerprint density at radius 2 is 2.24 bits per heavy atom. The second-order valence-electron chi connectivity index (χ2n) is 5.08. The summed E-state index contributed by atoms with van der Waals surface area (Å²) in [6, 6.07) is 3.59. The summed E-state index contributed by atoms with van der Waals surface area (Å²) < 4.78 is 5.24. The first-order valence-electron chi connectivity index (χ1n) is 6.70. The van der Waals surface area contributed by atoms with Crippen LogP contribution < -0.4 is 4.90 Å². The van der Waals surface area contributed by atoms with Crippen LogP contribution in [0, 0.1) is 0 Å². The summed E-state index contributed by atoms with van der Waals surface area (Å²) >= 11 is 0. The zero-order valence-corrected chi connectivity index (χ0v) is 12.3. The maximum atomic E-state index is 10.6. The minimum absolute atomic E-state index is 0.0560. The Kier molecular flexibility index (Phi) is 4.52. The van der Waals surface area contributed by atoms with Crippen LogP contribution >= 0.6 is 0 Å². The van der Waals surface area contributed by atoms with Crippen LogP contribution in [0.2, 0.25) is 0 Å². The molecule has 21 heavy (non-hydrogen) atoms. The summed E-state index contributed by atoms with van der Waals surface area (Å²) in [6.45, 7) is 4.37. The number of hydrogen-bond acceptors (Lipinski definition) is 6. The fraction of sp³-hybridized carbons (Fsp3) is 0.429. The summed E-state index contributed by atoms with van der Waals surface area (Å²) in [5, 5.41) is 12.6. The van der Waals surface area contributed by atoms with Crippen molar-refractivity contribution >= 4 is 11.8 Å². The molecule has 7 heteroatoms. The Balaban J connectivity index is 2.18. The number of anilines is 1. The van der Waals surface area contributed by atoms with Gasteiger partial charge in [0.05, 0.1) is 6.42 Å². The van der Waals surface area contributed by atoms with Gasteiger partial charge in [-0.15, -0.1) is 0 Å². The molecule has 0 aliphatic heterocycles. The number of rotatable bonds is 6. The van der Waals surface area contributed by atoms with Crippen LogP contribution in [0.3, 0.4) is 0 Å². The van der Waals surface area contributed by atoms with Gasteiger partial charge < -0.3 is 14.5 Å². The van der Waals surface area contributed by atoms with Crippen LogP contribution in [0.1, 0.15) is 32.0 Å². The van der Waals surface area contributed by atoms with E-state index in [-0.39, 0.29) is 12.3 Å². The van der Waals surface area contributed by atoms with Gasteiger partial charge in [-0.1, -0.05) is 19.0 Å². The molecule has 1 N–H and O–H groups in total. The average molecular weight is 290 g/mol. The summed E-state index contributed by atoms with van der Waals surface area (Å²) in [5.41, 5.74) is 0.765. The lowest BCUT2D eigenvalue weighted by Gasteiger charge is -2.17. The maximum Gasteiger partial charge on any atom is 0.305 e. The first-order valence-corrected chi connectivity index (χ1v) is 6.70. The second kappa shape index (κ2) is 6.34. The molecule has 0 amide bonds. The number of hydrogen-bond donors (Lipinski definition) is 1. The lowest BCUT2D eigenvalue weighted by molar-refractivity contribution is -0.136. The average Bonchev–Trinajstić information content (AvgIpc) is 2.95. The van der Waals surface area contributed by atoms with Gasteiger partial charge in [-0.25, -0.2) is 4.98 Å². The molecule has 7 nitrogen and oxygen atoms in total. The third-order valence-corrected chi connectivity index (χ3v) is 3.00. The molecule has 0 radical (unpaired) electrons. The number of nitrogens with zero attached hydrogens (tertiary/aromatic N) is 4. The molecule has 0 aliphatic rings. The Bertz CT molecular complexity index is 624. The molecular weight excluding hydrogens is 272 g/mol. The molecule has 0 bridgehead atoms. The van der Waals surface area contributed by atoms with Crippen LogP contribution in [0.15, 0.2) is 22.9 Å². The SMILES string of the molecule is CC(C)c1noc(-c2ccnc(N(C)CCC(=O)O)c2)n1. The van der Waals surface area contributed by atoms with E-state index in [0.29, 0.717) is 24.1 Å². The first kappa shape index (κ1) is 15.0. The van der Waals surface area contributed by atoms with E-state index in [9.17, 15) is 4.79 Å². The van der Waals surface area contributed by atoms with Gasteiger partial charge in [0, 0.05) is 31.3 Å². The van der Waals surface area contributed by atoms with Gasteiger partial charge in [0.25, 0.3) is 5.89 Å². The normalized spacial score (nSPS) is 10.9. The van der Waals surface area contributed by atoms with Crippen molar-refractivity contribution in [1.29, 1.82) is 0 Å². The summed E-state index contributed by atoms with van der Waals surface area (Å²) in [4.78, 5) is 20.9. The number of carboxylic acids is 1. The Labute approximate surface area is 122 Å². The van der Waals surface area contributed by atoms with E-state index in [4.69, 9.17) is 9.63 Å². The molecule has 0 saturated carbocycles. The van der Waals surface area contributed by atoms with E-state index in [1.54, 1.807) is 30.3 Å². The Morgan fingerprint density at radius 3 is 2.86 bits per heavy atom. The molecule has 0 aromatic carbocycles. The smallest absolute Gasteiger partial charge is 0.305 e. The minimum Gasteiger partial charge on any atom is -0.481 e. The lowest BCUT2D eigenvalue weighted by Crippen LogP contribution is -2.21. The number of pyridine rings is 1.